The molecule has 4 radical (unpaired) electrons. The summed E-state index contributed by atoms with van der Waals surface area (Å²) in [6.07, 6.45) is 2.42. The molecule has 11 heteroatoms. The summed E-state index contributed by atoms with van der Waals surface area (Å²) in [7, 11) is 0. The van der Waals surface area contributed by atoms with Gasteiger partial charge in [-0.3, -0.25) is 4.99 Å². The number of aliphatic hydroxyl groups is 1. The van der Waals surface area contributed by atoms with Gasteiger partial charge in [-0.25, -0.2) is 4.39 Å². The maximum atomic E-state index is 14.6. The Morgan fingerprint density at radius 2 is 2.14 bits per heavy atom. The second-order valence-electron chi connectivity index (χ2n) is 6.56. The molecule has 0 bridgehead atoms. The van der Waals surface area contributed by atoms with Gasteiger partial charge in [0.1, 0.15) is 17.4 Å². The van der Waals surface area contributed by atoms with Gasteiger partial charge < -0.3 is 23.2 Å². The largest absolute Gasteiger partial charge is 1.00 e. The minimum absolute atomic E-state index is 0. The van der Waals surface area contributed by atoms with Gasteiger partial charge in [0.25, 0.3) is 0 Å². The molecule has 144 valence electrons. The monoisotopic (exact) mass is 473 g/mol. The topological polar surface area (TPSA) is 68.9 Å². The van der Waals surface area contributed by atoms with Crippen molar-refractivity contribution in [3.05, 3.63) is 57.2 Å². The van der Waals surface area contributed by atoms with E-state index in [-0.39, 0.29) is 78.1 Å². The Morgan fingerprint density at radius 3 is 2.79 bits per heavy atom. The summed E-state index contributed by atoms with van der Waals surface area (Å²) < 4.78 is 45.0. The molecule has 0 saturated carbocycles. The van der Waals surface area contributed by atoms with Crippen molar-refractivity contribution in [1.29, 1.82) is 5.26 Å². The van der Waals surface area contributed by atoms with Crippen LogP contribution in [0.4, 0.5) is 13.2 Å². The number of allylic oxidation sites excluding steroid dienone is 2. The molecular formula is C18H13BBrF3N3NaO2. The van der Waals surface area contributed by atoms with Gasteiger partial charge in [0, 0.05) is 17.8 Å². The molecule has 1 aliphatic carbocycles. The van der Waals surface area contributed by atoms with Crippen LogP contribution in [0.15, 0.2) is 45.2 Å². The Balaban J connectivity index is 0.00000150. The molecule has 1 aromatic rings. The number of fused-ring (bicyclic) bond motifs is 3. The summed E-state index contributed by atoms with van der Waals surface area (Å²) in [4.78, 5) is 6.19. The van der Waals surface area contributed by atoms with Gasteiger partial charge in [-0.05, 0) is 40.4 Å². The second kappa shape index (κ2) is 8.86. The number of nitriles is 1. The number of rotatable bonds is 2. The molecule has 4 rings (SSSR count). The van der Waals surface area contributed by atoms with Gasteiger partial charge in [0.2, 0.25) is 0 Å². The van der Waals surface area contributed by atoms with Crippen LogP contribution < -0.4 is 29.6 Å². The molecule has 2 aliphatic heterocycles. The molecule has 2 heterocycles. The number of hydrogen-bond donors (Lipinski definition) is 1. The normalized spacial score (nSPS) is 24.4. The van der Waals surface area contributed by atoms with Crippen molar-refractivity contribution >= 4 is 30.2 Å². The van der Waals surface area contributed by atoms with Crippen molar-refractivity contribution in [1.82, 2.24) is 4.90 Å². The summed E-state index contributed by atoms with van der Waals surface area (Å²) >= 11 is 3.12. The SMILES string of the molecule is N#CC1=CN2C[C@@]3(CC[C@@H](O)c4c3ccc(Br)c4F)N=C2C(OC(F)F)=C1.[B-].[Na+]. The van der Waals surface area contributed by atoms with Crippen LogP contribution in [0.2, 0.25) is 0 Å². The van der Waals surface area contributed by atoms with Crippen molar-refractivity contribution in [2.75, 3.05) is 6.54 Å². The Kier molecular flexibility index (Phi) is 7.34. The van der Waals surface area contributed by atoms with Crippen LogP contribution in [0.5, 0.6) is 0 Å². The fourth-order valence-electron chi connectivity index (χ4n) is 3.85. The van der Waals surface area contributed by atoms with Crippen LogP contribution >= 0.6 is 15.9 Å². The average molecular weight is 474 g/mol. The zero-order valence-corrected chi connectivity index (χ0v) is 19.0. The van der Waals surface area contributed by atoms with E-state index in [1.54, 1.807) is 11.0 Å². The third-order valence-electron chi connectivity index (χ3n) is 4.97. The van der Waals surface area contributed by atoms with Crippen LogP contribution in [0.25, 0.3) is 0 Å². The zero-order chi connectivity index (χ0) is 19.3. The summed E-state index contributed by atoms with van der Waals surface area (Å²) in [6.45, 7) is -2.83. The summed E-state index contributed by atoms with van der Waals surface area (Å²) in [6, 6.07) is 5.13. The molecule has 0 saturated heterocycles. The predicted octanol–water partition coefficient (Wildman–Crippen LogP) is 0.492. The van der Waals surface area contributed by atoms with E-state index in [1.807, 2.05) is 6.07 Å². The molecular weight excluding hydrogens is 461 g/mol. The van der Waals surface area contributed by atoms with E-state index in [9.17, 15) is 18.3 Å². The zero-order valence-electron chi connectivity index (χ0n) is 15.4. The Labute approximate surface area is 197 Å². The molecule has 1 N–H and O–H groups in total. The maximum Gasteiger partial charge on any atom is 1.00 e. The number of aliphatic imine (C=N–C) groups is 1. The van der Waals surface area contributed by atoms with Crippen molar-refractivity contribution < 1.29 is 52.6 Å². The number of alkyl halides is 2. The first kappa shape index (κ1) is 24.0. The number of hydrogen-bond acceptors (Lipinski definition) is 5. The van der Waals surface area contributed by atoms with E-state index in [1.165, 1.54) is 18.3 Å². The van der Waals surface area contributed by atoms with E-state index in [0.717, 1.165) is 0 Å². The van der Waals surface area contributed by atoms with Crippen LogP contribution in [0.1, 0.15) is 30.1 Å². The molecule has 0 amide bonds. The molecule has 0 fully saturated rings. The number of ether oxygens (including phenoxy) is 1. The average Bonchev–Trinajstić information content (AvgIpc) is 3.00. The molecule has 2 atom stereocenters. The van der Waals surface area contributed by atoms with E-state index < -0.39 is 24.1 Å². The number of amidine groups is 1. The minimum Gasteiger partial charge on any atom is -1.00 e. The van der Waals surface area contributed by atoms with Gasteiger partial charge in [-0.2, -0.15) is 14.0 Å². The Hall–Kier alpha value is -1.25. The van der Waals surface area contributed by atoms with Crippen molar-refractivity contribution in [3.63, 3.8) is 0 Å². The predicted molar refractivity (Wildman–Crippen MR) is 98.7 cm³/mol. The first-order valence-electron chi connectivity index (χ1n) is 8.16. The molecule has 1 spiro atoms. The van der Waals surface area contributed by atoms with Crippen LogP contribution in [0.3, 0.4) is 0 Å². The Morgan fingerprint density at radius 1 is 1.41 bits per heavy atom. The molecule has 0 unspecified atom stereocenters. The van der Waals surface area contributed by atoms with Crippen molar-refractivity contribution in [2.45, 2.75) is 31.1 Å². The second-order valence-corrected chi connectivity index (χ2v) is 7.41. The quantitative estimate of drug-likeness (QED) is 0.635. The summed E-state index contributed by atoms with van der Waals surface area (Å²) in [5, 5.41) is 19.5. The van der Waals surface area contributed by atoms with E-state index >= 15 is 0 Å². The standard InChI is InChI=1S/C18H13BrF3N3O2.B.Na/c19-11-2-1-10-14(15(11)20)12(26)3-4-18(10)8-25-7-9(6-23)5-13(16(25)24-18)27-17(21)22;;/h1-2,5,7,12,17,26H,3-4,8H2;;/q;-1;+1/t12-,18-;;/m1../s1. The fraction of sp³-hybridized carbons (Fsp3) is 0.333. The van der Waals surface area contributed by atoms with Gasteiger partial charge in [0.05, 0.1) is 22.7 Å². The third-order valence-corrected chi connectivity index (χ3v) is 5.58. The van der Waals surface area contributed by atoms with Gasteiger partial charge in [0.15, 0.2) is 11.6 Å². The molecule has 0 aromatic heterocycles. The van der Waals surface area contributed by atoms with Gasteiger partial charge >= 0.3 is 36.2 Å². The third kappa shape index (κ3) is 4.03. The number of aliphatic hydroxyl groups excluding tert-OH is 1. The number of benzene rings is 1. The summed E-state index contributed by atoms with van der Waals surface area (Å²) in [5.74, 6) is -0.594. The molecule has 5 nitrogen and oxygen atoms in total. The number of halogens is 4. The molecule has 29 heavy (non-hydrogen) atoms. The summed E-state index contributed by atoms with van der Waals surface area (Å²) in [5.41, 5.74) is -0.103. The van der Waals surface area contributed by atoms with Crippen LogP contribution in [0, 0.1) is 17.1 Å². The Bertz CT molecular complexity index is 966. The van der Waals surface area contributed by atoms with Gasteiger partial charge in [-0.15, -0.1) is 0 Å². The fourth-order valence-corrected chi connectivity index (χ4v) is 4.20. The first-order valence-corrected chi connectivity index (χ1v) is 8.96. The number of nitrogens with zero attached hydrogens (tertiary/aromatic N) is 3. The molecule has 3 aliphatic rings. The maximum absolute atomic E-state index is 14.6. The van der Waals surface area contributed by atoms with E-state index in [2.05, 4.69) is 25.7 Å². The minimum atomic E-state index is -3.07. The van der Waals surface area contributed by atoms with Crippen molar-refractivity contribution in [2.24, 2.45) is 4.99 Å². The first-order chi connectivity index (χ1) is 12.8. The van der Waals surface area contributed by atoms with E-state index in [4.69, 9.17) is 5.26 Å². The molecule has 1 aromatic carbocycles. The van der Waals surface area contributed by atoms with Gasteiger partial charge in [-0.1, -0.05) is 6.07 Å². The smallest absolute Gasteiger partial charge is 1.00 e. The van der Waals surface area contributed by atoms with Crippen LogP contribution in [-0.2, 0) is 10.3 Å². The van der Waals surface area contributed by atoms with Crippen molar-refractivity contribution in [3.8, 4) is 6.07 Å². The van der Waals surface area contributed by atoms with Crippen LogP contribution in [-0.4, -0.2) is 37.4 Å². The van der Waals surface area contributed by atoms with E-state index in [0.29, 0.717) is 12.0 Å².